The highest BCUT2D eigenvalue weighted by Gasteiger charge is 2.05. The van der Waals surface area contributed by atoms with Crippen LogP contribution in [0.25, 0.3) is 0 Å². The zero-order valence-electron chi connectivity index (χ0n) is 10.5. The third kappa shape index (κ3) is 3.79. The van der Waals surface area contributed by atoms with Gasteiger partial charge in [0.05, 0.1) is 21.2 Å². The molecule has 0 saturated carbocycles. The van der Waals surface area contributed by atoms with Crippen LogP contribution in [0.4, 0.5) is 22.7 Å². The second-order valence-corrected chi connectivity index (χ2v) is 3.88. The number of nitro groups is 2. The molecule has 0 N–H and O–H groups in total. The van der Waals surface area contributed by atoms with Crippen molar-refractivity contribution in [3.05, 3.63) is 68.8 Å². The molecular weight excluding hydrogens is 276 g/mol. The fraction of sp³-hybridized carbons (Fsp3) is 0. The number of nitrogens with zero attached hydrogens (tertiary/aromatic N) is 4. The zero-order chi connectivity index (χ0) is 15.2. The summed E-state index contributed by atoms with van der Waals surface area (Å²) in [4.78, 5) is 27.8. The number of rotatable bonds is 4. The first-order valence-corrected chi connectivity index (χ1v) is 5.71. The molecule has 0 aliphatic heterocycles. The largest absolute Gasteiger partial charge is 0.271 e. The van der Waals surface area contributed by atoms with Crippen LogP contribution in [0.3, 0.4) is 0 Å². The van der Waals surface area contributed by atoms with Crippen molar-refractivity contribution >= 4 is 28.8 Å². The minimum absolute atomic E-state index is 0.0894. The highest BCUT2D eigenvalue weighted by atomic mass is 16.6. The summed E-state index contributed by atoms with van der Waals surface area (Å²) in [5.74, 6) is 0. The van der Waals surface area contributed by atoms with Crippen LogP contribution in [0.1, 0.15) is 0 Å². The van der Waals surface area contributed by atoms with E-state index in [2.05, 4.69) is 16.0 Å². The van der Waals surface area contributed by atoms with E-state index in [0.717, 1.165) is 0 Å². The van der Waals surface area contributed by atoms with Gasteiger partial charge in [-0.2, -0.15) is 9.98 Å². The van der Waals surface area contributed by atoms with Gasteiger partial charge >= 0.3 is 0 Å². The minimum atomic E-state index is -0.531. The van der Waals surface area contributed by atoms with Gasteiger partial charge in [0, 0.05) is 24.3 Å². The summed E-state index contributed by atoms with van der Waals surface area (Å²) in [6, 6.07) is 13.7. The average molecular weight is 284 g/mol. The number of hydrogen-bond donors (Lipinski definition) is 0. The Balaban J connectivity index is 2.24. The van der Waals surface area contributed by atoms with E-state index in [-0.39, 0.29) is 11.4 Å². The monoisotopic (exact) mass is 284 g/mol. The topological polar surface area (TPSA) is 111 Å². The Kier molecular flexibility index (Phi) is 4.13. The maximum atomic E-state index is 10.6. The first-order valence-electron chi connectivity index (χ1n) is 5.71. The molecule has 2 aromatic rings. The average Bonchev–Trinajstić information content (AvgIpc) is 2.48. The van der Waals surface area contributed by atoms with E-state index in [0.29, 0.717) is 11.4 Å². The minimum Gasteiger partial charge on any atom is -0.258 e. The predicted molar refractivity (Wildman–Crippen MR) is 75.4 cm³/mol. The van der Waals surface area contributed by atoms with Crippen molar-refractivity contribution in [3.8, 4) is 0 Å². The van der Waals surface area contributed by atoms with Gasteiger partial charge < -0.3 is 0 Å². The molecule has 0 atom stereocenters. The van der Waals surface area contributed by atoms with E-state index in [1.54, 1.807) is 12.1 Å². The molecule has 8 nitrogen and oxygen atoms in total. The van der Waals surface area contributed by atoms with Gasteiger partial charge in [0.1, 0.15) is 6.01 Å². The Hall–Kier alpha value is -3.38. The van der Waals surface area contributed by atoms with Crippen molar-refractivity contribution < 1.29 is 9.85 Å². The second kappa shape index (κ2) is 6.18. The quantitative estimate of drug-likeness (QED) is 0.484. The lowest BCUT2D eigenvalue weighted by molar-refractivity contribution is -0.385. The van der Waals surface area contributed by atoms with Crippen molar-refractivity contribution in [1.29, 1.82) is 0 Å². The third-order valence-corrected chi connectivity index (χ3v) is 2.44. The first kappa shape index (κ1) is 14.0. The molecule has 0 heterocycles. The summed E-state index contributed by atoms with van der Waals surface area (Å²) >= 11 is 0. The number of non-ortho nitro benzene ring substituents is 2. The summed E-state index contributed by atoms with van der Waals surface area (Å²) in [6.07, 6.45) is 0. The van der Waals surface area contributed by atoms with Gasteiger partial charge in [-0.3, -0.25) is 20.2 Å². The molecule has 0 aliphatic carbocycles. The lowest BCUT2D eigenvalue weighted by Gasteiger charge is -1.92. The summed E-state index contributed by atoms with van der Waals surface area (Å²) in [5.41, 5.74) is 0.457. The van der Waals surface area contributed by atoms with Crippen molar-refractivity contribution in [2.45, 2.75) is 0 Å². The molecule has 2 aromatic carbocycles. The van der Waals surface area contributed by atoms with E-state index >= 15 is 0 Å². The lowest BCUT2D eigenvalue weighted by atomic mass is 10.3. The van der Waals surface area contributed by atoms with Gasteiger partial charge in [-0.1, -0.05) is 12.1 Å². The molecule has 0 unspecified atom stereocenters. The molecule has 0 saturated heterocycles. The second-order valence-electron chi connectivity index (χ2n) is 3.88. The van der Waals surface area contributed by atoms with E-state index in [1.807, 2.05) is 0 Å². The smallest absolute Gasteiger partial charge is 0.258 e. The van der Waals surface area contributed by atoms with Gasteiger partial charge in [0.15, 0.2) is 0 Å². The molecule has 0 aliphatic rings. The lowest BCUT2D eigenvalue weighted by Crippen LogP contribution is -1.86. The Labute approximate surface area is 118 Å². The molecule has 0 aromatic heterocycles. The molecule has 0 fully saturated rings. The van der Waals surface area contributed by atoms with Crippen LogP contribution >= 0.6 is 0 Å². The molecule has 104 valence electrons. The molecule has 0 amide bonds. The summed E-state index contributed by atoms with van der Waals surface area (Å²) in [5, 5.41) is 21.2. The van der Waals surface area contributed by atoms with E-state index < -0.39 is 9.85 Å². The SMILES string of the molecule is O=[N+]([O-])c1cccc(N=C=Nc2cccc([N+](=O)[O-])c2)c1. The van der Waals surface area contributed by atoms with Crippen molar-refractivity contribution in [3.63, 3.8) is 0 Å². The zero-order valence-corrected chi connectivity index (χ0v) is 10.5. The van der Waals surface area contributed by atoms with Gasteiger partial charge in [0.25, 0.3) is 11.4 Å². The van der Waals surface area contributed by atoms with Crippen LogP contribution < -0.4 is 0 Å². The van der Waals surface area contributed by atoms with Crippen LogP contribution in [0.2, 0.25) is 0 Å². The van der Waals surface area contributed by atoms with Gasteiger partial charge in [-0.25, -0.2) is 0 Å². The third-order valence-electron chi connectivity index (χ3n) is 2.44. The fourth-order valence-corrected chi connectivity index (χ4v) is 1.49. The van der Waals surface area contributed by atoms with Gasteiger partial charge in [-0.05, 0) is 12.1 Å². The number of benzene rings is 2. The number of nitro benzene ring substituents is 2. The molecule has 0 bridgehead atoms. The maximum Gasteiger partial charge on any atom is 0.271 e. The Bertz CT molecular complexity index is 705. The van der Waals surface area contributed by atoms with Crippen LogP contribution in [-0.4, -0.2) is 15.9 Å². The highest BCUT2D eigenvalue weighted by Crippen LogP contribution is 2.20. The molecule has 21 heavy (non-hydrogen) atoms. The number of aliphatic imine (C=N–C) groups is 2. The molecule has 2 rings (SSSR count). The standard InChI is InChI=1S/C13H8N4O4/c18-16(19)12-5-1-3-10(7-12)14-9-15-11-4-2-6-13(8-11)17(20)21/h1-8H. The predicted octanol–water partition coefficient (Wildman–Crippen LogP) is 3.64. The molecule has 0 radical (unpaired) electrons. The molecule has 0 spiro atoms. The highest BCUT2D eigenvalue weighted by molar-refractivity contribution is 5.60. The van der Waals surface area contributed by atoms with Crippen LogP contribution in [0.5, 0.6) is 0 Å². The van der Waals surface area contributed by atoms with Crippen molar-refractivity contribution in [2.24, 2.45) is 9.98 Å². The van der Waals surface area contributed by atoms with Crippen molar-refractivity contribution in [2.75, 3.05) is 0 Å². The molecule has 8 heteroatoms. The maximum absolute atomic E-state index is 10.6. The van der Waals surface area contributed by atoms with Crippen molar-refractivity contribution in [1.82, 2.24) is 0 Å². The fourth-order valence-electron chi connectivity index (χ4n) is 1.49. The van der Waals surface area contributed by atoms with E-state index in [4.69, 9.17) is 0 Å². The summed E-state index contributed by atoms with van der Waals surface area (Å²) < 4.78 is 0. The normalized spacial score (nSPS) is 9.52. The Morgan fingerprint density at radius 3 is 1.62 bits per heavy atom. The van der Waals surface area contributed by atoms with E-state index in [9.17, 15) is 20.2 Å². The Morgan fingerprint density at radius 2 is 1.24 bits per heavy atom. The molecular formula is C13H8N4O4. The van der Waals surface area contributed by atoms with Gasteiger partial charge in [0.2, 0.25) is 0 Å². The Morgan fingerprint density at radius 1 is 0.810 bits per heavy atom. The summed E-state index contributed by atoms with van der Waals surface area (Å²) in [6.45, 7) is 0. The van der Waals surface area contributed by atoms with Crippen LogP contribution in [0, 0.1) is 20.2 Å². The first-order chi connectivity index (χ1) is 10.1. The number of hydrogen-bond acceptors (Lipinski definition) is 6. The van der Waals surface area contributed by atoms with E-state index in [1.165, 1.54) is 36.4 Å². The van der Waals surface area contributed by atoms with Gasteiger partial charge in [-0.15, -0.1) is 0 Å². The van der Waals surface area contributed by atoms with Crippen LogP contribution in [-0.2, 0) is 0 Å². The summed E-state index contributed by atoms with van der Waals surface area (Å²) in [7, 11) is 0. The van der Waals surface area contributed by atoms with Crippen LogP contribution in [0.15, 0.2) is 58.5 Å².